The van der Waals surface area contributed by atoms with Gasteiger partial charge in [-0.1, -0.05) is 0 Å². The van der Waals surface area contributed by atoms with Crippen LogP contribution in [0.4, 0.5) is 4.79 Å². The van der Waals surface area contributed by atoms with Crippen molar-refractivity contribution < 1.29 is 14.7 Å². The molecule has 16 heavy (non-hydrogen) atoms. The topological polar surface area (TPSA) is 82.5 Å². The molecule has 0 radical (unpaired) electrons. The van der Waals surface area contributed by atoms with Gasteiger partial charge in [0.1, 0.15) is 0 Å². The van der Waals surface area contributed by atoms with Crippen molar-refractivity contribution in [2.45, 2.75) is 6.42 Å². The summed E-state index contributed by atoms with van der Waals surface area (Å²) in [5, 5.41) is 13.7. The molecule has 7 heteroatoms. The Labute approximate surface area is 95.9 Å². The Hall–Kier alpha value is -1.63. The van der Waals surface area contributed by atoms with Crippen molar-refractivity contribution in [1.29, 1.82) is 0 Å². The summed E-state index contributed by atoms with van der Waals surface area (Å²) < 4.78 is 0. The van der Waals surface area contributed by atoms with E-state index in [0.29, 0.717) is 26.1 Å². The molecular formula is C9H11N3O3S. The molecular weight excluding hydrogens is 230 g/mol. The quantitative estimate of drug-likeness (QED) is 0.799. The van der Waals surface area contributed by atoms with Crippen LogP contribution in [0.15, 0.2) is 5.38 Å². The van der Waals surface area contributed by atoms with Crippen molar-refractivity contribution in [3.8, 4) is 0 Å². The van der Waals surface area contributed by atoms with Gasteiger partial charge >= 0.3 is 12.0 Å². The Balaban J connectivity index is 1.89. The number of thiazole rings is 1. The average molecular weight is 241 g/mol. The molecule has 0 atom stereocenters. The zero-order chi connectivity index (χ0) is 11.5. The van der Waals surface area contributed by atoms with E-state index in [4.69, 9.17) is 5.11 Å². The molecule has 2 amide bonds. The van der Waals surface area contributed by atoms with Gasteiger partial charge in [-0.15, -0.1) is 11.3 Å². The molecule has 2 rings (SSSR count). The van der Waals surface area contributed by atoms with Crippen molar-refractivity contribution in [3.05, 3.63) is 16.1 Å². The summed E-state index contributed by atoms with van der Waals surface area (Å²) in [6.07, 6.45) is 0.603. The Bertz CT molecular complexity index is 418. The number of amides is 2. The second-order valence-electron chi connectivity index (χ2n) is 3.40. The monoisotopic (exact) mass is 241 g/mol. The van der Waals surface area contributed by atoms with E-state index >= 15 is 0 Å². The third-order valence-corrected chi connectivity index (χ3v) is 3.22. The molecule has 0 aromatic carbocycles. The van der Waals surface area contributed by atoms with Crippen molar-refractivity contribution >= 4 is 23.3 Å². The number of urea groups is 1. The SMILES string of the molecule is O=C(O)c1csc(CCN2CCNC2=O)n1. The summed E-state index contributed by atoms with van der Waals surface area (Å²) in [5.41, 5.74) is 0.0749. The number of carbonyl (C=O) groups is 2. The van der Waals surface area contributed by atoms with Crippen LogP contribution in [0.2, 0.25) is 0 Å². The van der Waals surface area contributed by atoms with Crippen molar-refractivity contribution in [1.82, 2.24) is 15.2 Å². The molecule has 0 unspecified atom stereocenters. The summed E-state index contributed by atoms with van der Waals surface area (Å²) >= 11 is 1.31. The van der Waals surface area contributed by atoms with E-state index in [1.165, 1.54) is 16.7 Å². The van der Waals surface area contributed by atoms with E-state index in [0.717, 1.165) is 5.01 Å². The van der Waals surface area contributed by atoms with Crippen LogP contribution in [0.5, 0.6) is 0 Å². The zero-order valence-electron chi connectivity index (χ0n) is 8.47. The van der Waals surface area contributed by atoms with Gasteiger partial charge in [-0.25, -0.2) is 14.6 Å². The lowest BCUT2D eigenvalue weighted by Gasteiger charge is -2.12. The predicted molar refractivity (Wildman–Crippen MR) is 57.7 cm³/mol. The van der Waals surface area contributed by atoms with E-state index in [-0.39, 0.29) is 11.7 Å². The van der Waals surface area contributed by atoms with Crippen LogP contribution in [-0.2, 0) is 6.42 Å². The van der Waals surface area contributed by atoms with Gasteiger partial charge in [-0.05, 0) is 0 Å². The molecule has 2 N–H and O–H groups in total. The van der Waals surface area contributed by atoms with E-state index in [9.17, 15) is 9.59 Å². The summed E-state index contributed by atoms with van der Waals surface area (Å²) in [4.78, 5) is 27.5. The molecule has 1 aromatic rings. The summed E-state index contributed by atoms with van der Waals surface area (Å²) in [5.74, 6) is -1.01. The minimum Gasteiger partial charge on any atom is -0.476 e. The Kier molecular flexibility index (Phi) is 3.04. The molecule has 1 aliphatic heterocycles. The third kappa shape index (κ3) is 2.30. The molecule has 2 heterocycles. The first-order chi connectivity index (χ1) is 7.66. The van der Waals surface area contributed by atoms with Crippen LogP contribution in [0.25, 0.3) is 0 Å². The van der Waals surface area contributed by atoms with Crippen LogP contribution in [-0.4, -0.2) is 46.6 Å². The fourth-order valence-electron chi connectivity index (χ4n) is 1.48. The number of rotatable bonds is 4. The third-order valence-electron chi connectivity index (χ3n) is 2.31. The molecule has 1 aromatic heterocycles. The second kappa shape index (κ2) is 4.48. The van der Waals surface area contributed by atoms with Crippen LogP contribution >= 0.6 is 11.3 Å². The maximum Gasteiger partial charge on any atom is 0.355 e. The Morgan fingerprint density at radius 3 is 3.06 bits per heavy atom. The van der Waals surface area contributed by atoms with Gasteiger partial charge in [0.2, 0.25) is 0 Å². The highest BCUT2D eigenvalue weighted by molar-refractivity contribution is 7.09. The lowest BCUT2D eigenvalue weighted by Crippen LogP contribution is -2.29. The molecule has 1 fully saturated rings. The van der Waals surface area contributed by atoms with Crippen LogP contribution in [0.3, 0.4) is 0 Å². The summed E-state index contributed by atoms with van der Waals surface area (Å²) in [6.45, 7) is 1.96. The Morgan fingerprint density at radius 2 is 2.50 bits per heavy atom. The van der Waals surface area contributed by atoms with Gasteiger partial charge in [-0.2, -0.15) is 0 Å². The highest BCUT2D eigenvalue weighted by atomic mass is 32.1. The molecule has 0 bridgehead atoms. The molecule has 1 saturated heterocycles. The first kappa shape index (κ1) is 10.9. The lowest BCUT2D eigenvalue weighted by atomic mass is 10.4. The maximum absolute atomic E-state index is 11.2. The lowest BCUT2D eigenvalue weighted by molar-refractivity contribution is 0.0691. The average Bonchev–Trinajstić information content (AvgIpc) is 2.83. The molecule has 0 aliphatic carbocycles. The Morgan fingerprint density at radius 1 is 1.69 bits per heavy atom. The molecule has 86 valence electrons. The van der Waals surface area contributed by atoms with Crippen molar-refractivity contribution in [3.63, 3.8) is 0 Å². The van der Waals surface area contributed by atoms with Gasteiger partial charge in [0.05, 0.1) is 5.01 Å². The fraction of sp³-hybridized carbons (Fsp3) is 0.444. The highest BCUT2D eigenvalue weighted by Crippen LogP contribution is 2.11. The van der Waals surface area contributed by atoms with Gasteiger partial charge < -0.3 is 15.3 Å². The fourth-order valence-corrected chi connectivity index (χ4v) is 2.24. The molecule has 0 saturated carbocycles. The number of aromatic carboxylic acids is 1. The normalized spacial score (nSPS) is 15.2. The second-order valence-corrected chi connectivity index (χ2v) is 4.34. The predicted octanol–water partition coefficient (Wildman–Crippen LogP) is 0.409. The van der Waals surface area contributed by atoms with E-state index in [1.54, 1.807) is 4.90 Å². The molecule has 1 aliphatic rings. The maximum atomic E-state index is 11.2. The van der Waals surface area contributed by atoms with Gasteiger partial charge in [0.15, 0.2) is 5.69 Å². The minimum atomic E-state index is -1.01. The smallest absolute Gasteiger partial charge is 0.355 e. The zero-order valence-corrected chi connectivity index (χ0v) is 9.29. The highest BCUT2D eigenvalue weighted by Gasteiger charge is 2.19. The standard InChI is InChI=1S/C9H11N3O3S/c13-8(14)6-5-16-7(11-6)1-3-12-4-2-10-9(12)15/h5H,1-4H2,(H,10,15)(H,13,14). The van der Waals surface area contributed by atoms with Gasteiger partial charge in [0, 0.05) is 31.4 Å². The largest absolute Gasteiger partial charge is 0.476 e. The number of hydrogen-bond acceptors (Lipinski definition) is 4. The molecule has 6 nitrogen and oxygen atoms in total. The van der Waals surface area contributed by atoms with Crippen LogP contribution in [0, 0.1) is 0 Å². The first-order valence-corrected chi connectivity index (χ1v) is 5.75. The van der Waals surface area contributed by atoms with Crippen LogP contribution in [0.1, 0.15) is 15.5 Å². The number of carbonyl (C=O) groups excluding carboxylic acids is 1. The summed E-state index contributed by atoms with van der Waals surface area (Å²) in [7, 11) is 0. The van der Waals surface area contributed by atoms with Gasteiger partial charge in [-0.3, -0.25) is 0 Å². The molecule has 0 spiro atoms. The summed E-state index contributed by atoms with van der Waals surface area (Å²) in [6, 6.07) is -0.0602. The first-order valence-electron chi connectivity index (χ1n) is 4.87. The van der Waals surface area contributed by atoms with E-state index < -0.39 is 5.97 Å². The number of carboxylic acids is 1. The van der Waals surface area contributed by atoms with E-state index in [2.05, 4.69) is 10.3 Å². The number of hydrogen-bond donors (Lipinski definition) is 2. The number of nitrogens with one attached hydrogen (secondary N) is 1. The van der Waals surface area contributed by atoms with Crippen molar-refractivity contribution in [2.75, 3.05) is 19.6 Å². The number of carboxylic acid groups (broad SMARTS) is 1. The number of nitrogens with zero attached hydrogens (tertiary/aromatic N) is 2. The van der Waals surface area contributed by atoms with Crippen molar-refractivity contribution in [2.24, 2.45) is 0 Å². The minimum absolute atomic E-state index is 0.0602. The number of aromatic nitrogens is 1. The van der Waals surface area contributed by atoms with Crippen LogP contribution < -0.4 is 5.32 Å². The van der Waals surface area contributed by atoms with Gasteiger partial charge in [0.25, 0.3) is 0 Å². The van der Waals surface area contributed by atoms with E-state index in [1.807, 2.05) is 0 Å².